The molecular weight excluding hydrogens is 186 g/mol. The number of aromatic amines is 1. The largest absolute Gasteiger partial charge is 0.342 e. The molecule has 2 heterocycles. The van der Waals surface area contributed by atoms with Gasteiger partial charge in [-0.25, -0.2) is 4.52 Å². The third-order valence-electron chi connectivity index (χ3n) is 2.45. The highest BCUT2D eigenvalue weighted by atomic mass is 15.3. The molecule has 2 aromatic heterocycles. The molecular formula is C12H11N3. The van der Waals surface area contributed by atoms with Gasteiger partial charge in [0.15, 0.2) is 0 Å². The van der Waals surface area contributed by atoms with Crippen LogP contribution in [0.4, 0.5) is 0 Å². The second-order valence-corrected chi connectivity index (χ2v) is 3.66. The quantitative estimate of drug-likeness (QED) is 0.639. The standard InChI is InChI=1S/C12H11N3/c1-9-8-15-12(13-9)7-11(14-15)10-5-3-2-4-6-10/h2-8,13H,1H3. The summed E-state index contributed by atoms with van der Waals surface area (Å²) in [6.07, 6.45) is 1.99. The van der Waals surface area contributed by atoms with Gasteiger partial charge in [-0.2, -0.15) is 5.10 Å². The molecule has 0 aliphatic rings. The van der Waals surface area contributed by atoms with E-state index in [9.17, 15) is 0 Å². The Kier molecular flexibility index (Phi) is 1.65. The van der Waals surface area contributed by atoms with Crippen LogP contribution in [-0.2, 0) is 0 Å². The lowest BCUT2D eigenvalue weighted by Gasteiger charge is -1.92. The second-order valence-electron chi connectivity index (χ2n) is 3.66. The Bertz CT molecular complexity index is 558. The topological polar surface area (TPSA) is 33.1 Å². The number of benzene rings is 1. The monoisotopic (exact) mass is 197 g/mol. The number of hydrogen-bond donors (Lipinski definition) is 1. The maximum atomic E-state index is 4.49. The van der Waals surface area contributed by atoms with Gasteiger partial charge in [0, 0.05) is 23.5 Å². The number of H-pyrrole nitrogens is 1. The third-order valence-corrected chi connectivity index (χ3v) is 2.45. The number of fused-ring (bicyclic) bond motifs is 1. The van der Waals surface area contributed by atoms with Crippen molar-refractivity contribution in [2.45, 2.75) is 6.92 Å². The highest BCUT2D eigenvalue weighted by Gasteiger charge is 2.04. The van der Waals surface area contributed by atoms with Gasteiger partial charge in [0.05, 0.1) is 5.69 Å². The summed E-state index contributed by atoms with van der Waals surface area (Å²) in [6.45, 7) is 2.02. The Morgan fingerprint density at radius 2 is 2.00 bits per heavy atom. The molecule has 74 valence electrons. The van der Waals surface area contributed by atoms with Crippen LogP contribution in [0.2, 0.25) is 0 Å². The minimum atomic E-state index is 1.00. The molecule has 0 unspecified atom stereocenters. The van der Waals surface area contributed by atoms with Crippen molar-refractivity contribution in [1.29, 1.82) is 0 Å². The summed E-state index contributed by atoms with van der Waals surface area (Å²) in [5.41, 5.74) is 4.30. The van der Waals surface area contributed by atoms with Crippen LogP contribution in [0.1, 0.15) is 5.69 Å². The van der Waals surface area contributed by atoms with Gasteiger partial charge in [-0.1, -0.05) is 30.3 Å². The van der Waals surface area contributed by atoms with Crippen LogP contribution < -0.4 is 0 Å². The number of aryl methyl sites for hydroxylation is 1. The fourth-order valence-electron chi connectivity index (χ4n) is 1.75. The van der Waals surface area contributed by atoms with Gasteiger partial charge < -0.3 is 4.98 Å². The van der Waals surface area contributed by atoms with Crippen LogP contribution in [0.15, 0.2) is 42.6 Å². The van der Waals surface area contributed by atoms with E-state index in [1.54, 1.807) is 0 Å². The van der Waals surface area contributed by atoms with E-state index in [0.717, 1.165) is 22.6 Å². The molecule has 0 saturated heterocycles. The molecule has 0 amide bonds. The molecule has 0 radical (unpaired) electrons. The summed E-state index contributed by atoms with van der Waals surface area (Å²) in [7, 11) is 0. The fraction of sp³-hybridized carbons (Fsp3) is 0.0833. The first-order valence-corrected chi connectivity index (χ1v) is 4.93. The second kappa shape index (κ2) is 2.98. The Morgan fingerprint density at radius 1 is 1.20 bits per heavy atom. The zero-order chi connectivity index (χ0) is 10.3. The molecule has 0 atom stereocenters. The summed E-state index contributed by atoms with van der Waals surface area (Å²) < 4.78 is 1.87. The van der Waals surface area contributed by atoms with E-state index in [1.807, 2.05) is 35.8 Å². The van der Waals surface area contributed by atoms with Crippen molar-refractivity contribution in [3.05, 3.63) is 48.3 Å². The first kappa shape index (κ1) is 8.29. The van der Waals surface area contributed by atoms with E-state index < -0.39 is 0 Å². The molecule has 3 rings (SSSR count). The van der Waals surface area contributed by atoms with E-state index in [4.69, 9.17) is 0 Å². The molecule has 0 aliphatic heterocycles. The van der Waals surface area contributed by atoms with E-state index in [2.05, 4.69) is 28.3 Å². The molecule has 3 nitrogen and oxygen atoms in total. The van der Waals surface area contributed by atoms with Crippen LogP contribution >= 0.6 is 0 Å². The fourth-order valence-corrected chi connectivity index (χ4v) is 1.75. The average Bonchev–Trinajstić information content (AvgIpc) is 2.76. The SMILES string of the molecule is Cc1cn2nc(-c3ccccc3)cc2[nH]1. The number of hydrogen-bond acceptors (Lipinski definition) is 1. The lowest BCUT2D eigenvalue weighted by molar-refractivity contribution is 0.975. The summed E-state index contributed by atoms with van der Waals surface area (Å²) >= 11 is 0. The molecule has 0 aliphatic carbocycles. The highest BCUT2D eigenvalue weighted by Crippen LogP contribution is 2.18. The summed E-state index contributed by atoms with van der Waals surface area (Å²) in [5.74, 6) is 0. The lowest BCUT2D eigenvalue weighted by atomic mass is 10.2. The molecule has 3 heteroatoms. The van der Waals surface area contributed by atoms with Crippen molar-refractivity contribution >= 4 is 5.65 Å². The molecule has 0 spiro atoms. The Hall–Kier alpha value is -2.03. The third kappa shape index (κ3) is 1.32. The number of nitrogens with one attached hydrogen (secondary N) is 1. The zero-order valence-corrected chi connectivity index (χ0v) is 8.44. The first-order valence-electron chi connectivity index (χ1n) is 4.93. The van der Waals surface area contributed by atoms with E-state index in [0.29, 0.717) is 0 Å². The normalized spacial score (nSPS) is 11.0. The van der Waals surface area contributed by atoms with E-state index in [1.165, 1.54) is 0 Å². The summed E-state index contributed by atoms with van der Waals surface area (Å²) in [6, 6.07) is 12.2. The van der Waals surface area contributed by atoms with Crippen LogP contribution in [0.25, 0.3) is 16.9 Å². The molecule has 0 bridgehead atoms. The van der Waals surface area contributed by atoms with Gasteiger partial charge in [-0.3, -0.25) is 0 Å². The molecule has 1 aromatic carbocycles. The van der Waals surface area contributed by atoms with Gasteiger partial charge in [-0.15, -0.1) is 0 Å². The number of aromatic nitrogens is 3. The smallest absolute Gasteiger partial charge is 0.133 e. The van der Waals surface area contributed by atoms with Crippen LogP contribution in [0.5, 0.6) is 0 Å². The predicted octanol–water partition coefficient (Wildman–Crippen LogP) is 2.64. The zero-order valence-electron chi connectivity index (χ0n) is 8.44. The Balaban J connectivity index is 2.16. The summed E-state index contributed by atoms with van der Waals surface area (Å²) in [5, 5.41) is 4.49. The van der Waals surface area contributed by atoms with Crippen molar-refractivity contribution in [3.63, 3.8) is 0 Å². The molecule has 0 saturated carbocycles. The van der Waals surface area contributed by atoms with Crippen molar-refractivity contribution in [3.8, 4) is 11.3 Å². The number of rotatable bonds is 1. The maximum absolute atomic E-state index is 4.49. The minimum absolute atomic E-state index is 1.00. The van der Waals surface area contributed by atoms with Crippen molar-refractivity contribution < 1.29 is 0 Å². The summed E-state index contributed by atoms with van der Waals surface area (Å²) in [4.78, 5) is 3.25. The van der Waals surface area contributed by atoms with E-state index in [-0.39, 0.29) is 0 Å². The molecule has 3 aromatic rings. The van der Waals surface area contributed by atoms with Crippen molar-refractivity contribution in [1.82, 2.24) is 14.6 Å². The Labute approximate surface area is 87.4 Å². The lowest BCUT2D eigenvalue weighted by Crippen LogP contribution is -1.81. The van der Waals surface area contributed by atoms with Gasteiger partial charge >= 0.3 is 0 Å². The van der Waals surface area contributed by atoms with E-state index >= 15 is 0 Å². The van der Waals surface area contributed by atoms with Crippen molar-refractivity contribution in [2.75, 3.05) is 0 Å². The predicted molar refractivity (Wildman–Crippen MR) is 59.7 cm³/mol. The van der Waals surface area contributed by atoms with Crippen LogP contribution in [0.3, 0.4) is 0 Å². The average molecular weight is 197 g/mol. The first-order chi connectivity index (χ1) is 7.33. The van der Waals surface area contributed by atoms with Crippen LogP contribution in [-0.4, -0.2) is 14.6 Å². The highest BCUT2D eigenvalue weighted by molar-refractivity contribution is 5.64. The van der Waals surface area contributed by atoms with Gasteiger partial charge in [0.1, 0.15) is 5.65 Å². The Morgan fingerprint density at radius 3 is 2.73 bits per heavy atom. The molecule has 0 fully saturated rings. The maximum Gasteiger partial charge on any atom is 0.133 e. The minimum Gasteiger partial charge on any atom is -0.342 e. The van der Waals surface area contributed by atoms with Crippen LogP contribution in [0, 0.1) is 6.92 Å². The van der Waals surface area contributed by atoms with Gasteiger partial charge in [-0.05, 0) is 6.92 Å². The number of imidazole rings is 1. The van der Waals surface area contributed by atoms with Gasteiger partial charge in [0.2, 0.25) is 0 Å². The molecule has 1 N–H and O–H groups in total. The number of nitrogens with zero attached hydrogens (tertiary/aromatic N) is 2. The van der Waals surface area contributed by atoms with Crippen molar-refractivity contribution in [2.24, 2.45) is 0 Å². The van der Waals surface area contributed by atoms with Gasteiger partial charge in [0.25, 0.3) is 0 Å². The molecule has 15 heavy (non-hydrogen) atoms.